The summed E-state index contributed by atoms with van der Waals surface area (Å²) in [6.07, 6.45) is 2.85. The lowest BCUT2D eigenvalue weighted by atomic mass is 10.3. The summed E-state index contributed by atoms with van der Waals surface area (Å²) in [4.78, 5) is 20.1. The average molecular weight is 529 g/mol. The fraction of sp³-hybridized carbons (Fsp3) is 0.0455. The first kappa shape index (κ1) is 22.5. The number of sulfonamides is 1. The Morgan fingerprint density at radius 2 is 1.70 bits per heavy atom. The molecule has 2 heterocycles. The van der Waals surface area contributed by atoms with Gasteiger partial charge in [-0.25, -0.2) is 23.1 Å². The molecule has 4 aromatic rings. The average Bonchev–Trinajstić information content (AvgIpc) is 3.29. The van der Waals surface area contributed by atoms with Gasteiger partial charge < -0.3 is 14.5 Å². The lowest BCUT2D eigenvalue weighted by molar-refractivity contribution is 0.0992. The molecule has 168 valence electrons. The number of para-hydroxylation sites is 1. The molecule has 0 unspecified atom stereocenters. The van der Waals surface area contributed by atoms with Crippen LogP contribution in [0.3, 0.4) is 0 Å². The molecule has 9 nitrogen and oxygen atoms in total. The minimum atomic E-state index is -3.86. The van der Waals surface area contributed by atoms with Crippen LogP contribution >= 0.6 is 15.9 Å². The quantitative estimate of drug-likeness (QED) is 0.345. The molecular formula is C22H17BrN4O5S. The van der Waals surface area contributed by atoms with Gasteiger partial charge in [-0.15, -0.1) is 0 Å². The van der Waals surface area contributed by atoms with Crippen molar-refractivity contribution < 1.29 is 22.4 Å². The number of benzene rings is 2. The van der Waals surface area contributed by atoms with Gasteiger partial charge in [-0.1, -0.05) is 12.1 Å². The smallest absolute Gasteiger partial charge is 0.291 e. The van der Waals surface area contributed by atoms with Crippen molar-refractivity contribution in [1.82, 2.24) is 9.97 Å². The van der Waals surface area contributed by atoms with E-state index in [9.17, 15) is 13.2 Å². The van der Waals surface area contributed by atoms with Crippen molar-refractivity contribution in [3.63, 3.8) is 0 Å². The van der Waals surface area contributed by atoms with Crippen molar-refractivity contribution in [2.24, 2.45) is 0 Å². The molecule has 0 fully saturated rings. The number of nitrogens with zero attached hydrogens (tertiary/aromatic N) is 2. The van der Waals surface area contributed by atoms with Gasteiger partial charge in [0.05, 0.1) is 9.37 Å². The maximum absolute atomic E-state index is 12.5. The number of aromatic nitrogens is 2. The van der Waals surface area contributed by atoms with E-state index in [1.54, 1.807) is 12.1 Å². The van der Waals surface area contributed by atoms with Crippen LogP contribution in [-0.2, 0) is 16.6 Å². The molecule has 1 amide bonds. The first-order valence-electron chi connectivity index (χ1n) is 9.58. The standard InChI is InChI=1S/C22H17BrN4O5S/c23-18-4-1-2-5-19(18)31-14-16-8-11-20(32-16)21(28)26-15-6-9-17(10-7-15)33(29,30)27-22-24-12-3-13-25-22/h1-13H,14H2,(H,26,28)(H,24,25,27). The van der Waals surface area contributed by atoms with E-state index in [4.69, 9.17) is 9.15 Å². The normalized spacial score (nSPS) is 11.1. The minimum absolute atomic E-state index is 0.00235. The summed E-state index contributed by atoms with van der Waals surface area (Å²) in [6.45, 7) is 0.153. The molecule has 0 spiro atoms. The first-order valence-corrected chi connectivity index (χ1v) is 11.9. The fourth-order valence-electron chi connectivity index (χ4n) is 2.73. The Bertz CT molecular complexity index is 1360. The molecule has 2 N–H and O–H groups in total. The molecule has 0 aliphatic heterocycles. The summed E-state index contributed by atoms with van der Waals surface area (Å²) in [6, 6.07) is 17.8. The summed E-state index contributed by atoms with van der Waals surface area (Å²) in [5.41, 5.74) is 0.400. The highest BCUT2D eigenvalue weighted by molar-refractivity contribution is 9.10. The highest BCUT2D eigenvalue weighted by Gasteiger charge is 2.17. The predicted octanol–water partition coefficient (Wildman–Crippen LogP) is 4.46. The summed E-state index contributed by atoms with van der Waals surface area (Å²) in [7, 11) is -3.86. The summed E-state index contributed by atoms with van der Waals surface area (Å²) in [5.74, 6) is 0.718. The number of hydrogen-bond donors (Lipinski definition) is 2. The van der Waals surface area contributed by atoms with Gasteiger partial charge in [-0.3, -0.25) is 4.79 Å². The number of carbonyl (C=O) groups is 1. The second-order valence-corrected chi connectivity index (χ2v) is 9.18. The van der Waals surface area contributed by atoms with Crippen molar-refractivity contribution in [2.75, 3.05) is 10.0 Å². The summed E-state index contributed by atoms with van der Waals surface area (Å²) < 4.78 is 39.2. The molecule has 0 radical (unpaired) electrons. The molecule has 0 aliphatic rings. The maximum atomic E-state index is 12.5. The van der Waals surface area contributed by atoms with Crippen molar-refractivity contribution in [2.45, 2.75) is 11.5 Å². The molecule has 2 aromatic carbocycles. The Morgan fingerprint density at radius 1 is 0.970 bits per heavy atom. The van der Waals surface area contributed by atoms with E-state index in [2.05, 4.69) is 35.9 Å². The van der Waals surface area contributed by atoms with Gasteiger partial charge in [0.1, 0.15) is 18.1 Å². The number of amides is 1. The monoisotopic (exact) mass is 528 g/mol. The Balaban J connectivity index is 1.36. The molecule has 0 saturated heterocycles. The third-order valence-electron chi connectivity index (χ3n) is 4.31. The van der Waals surface area contributed by atoms with E-state index in [1.165, 1.54) is 42.7 Å². The van der Waals surface area contributed by atoms with Gasteiger partial charge >= 0.3 is 0 Å². The molecule has 2 aromatic heterocycles. The number of furan rings is 1. The predicted molar refractivity (Wildman–Crippen MR) is 124 cm³/mol. The highest BCUT2D eigenvalue weighted by atomic mass is 79.9. The molecule has 0 aliphatic carbocycles. The van der Waals surface area contributed by atoms with Gasteiger partial charge in [0, 0.05) is 18.1 Å². The number of rotatable bonds is 8. The summed E-state index contributed by atoms with van der Waals surface area (Å²) in [5, 5.41) is 2.66. The second-order valence-electron chi connectivity index (χ2n) is 6.64. The number of hydrogen-bond acceptors (Lipinski definition) is 7. The van der Waals surface area contributed by atoms with Gasteiger partial charge in [0.2, 0.25) is 5.95 Å². The van der Waals surface area contributed by atoms with E-state index >= 15 is 0 Å². The Hall–Kier alpha value is -3.70. The van der Waals surface area contributed by atoms with Crippen LogP contribution in [0.1, 0.15) is 16.3 Å². The maximum Gasteiger partial charge on any atom is 0.291 e. The van der Waals surface area contributed by atoms with Crippen LogP contribution in [-0.4, -0.2) is 24.3 Å². The zero-order valence-corrected chi connectivity index (χ0v) is 19.3. The second kappa shape index (κ2) is 9.84. The molecule has 33 heavy (non-hydrogen) atoms. The largest absolute Gasteiger partial charge is 0.484 e. The zero-order chi connectivity index (χ0) is 23.3. The number of nitrogens with one attached hydrogen (secondary N) is 2. The number of ether oxygens (including phenoxy) is 1. The van der Waals surface area contributed by atoms with E-state index in [0.717, 1.165) is 4.47 Å². The van der Waals surface area contributed by atoms with Crippen molar-refractivity contribution >= 4 is 43.5 Å². The lowest BCUT2D eigenvalue weighted by Gasteiger charge is -2.08. The minimum Gasteiger partial charge on any atom is -0.484 e. The molecule has 0 atom stereocenters. The van der Waals surface area contributed by atoms with E-state index < -0.39 is 15.9 Å². The van der Waals surface area contributed by atoms with Crippen LogP contribution in [0.2, 0.25) is 0 Å². The third kappa shape index (κ3) is 5.76. The van der Waals surface area contributed by atoms with Gasteiger partial charge in [-0.2, -0.15) is 0 Å². The first-order chi connectivity index (χ1) is 15.9. The zero-order valence-electron chi connectivity index (χ0n) is 16.9. The van der Waals surface area contributed by atoms with Crippen molar-refractivity contribution in [3.05, 3.63) is 95.1 Å². The van der Waals surface area contributed by atoms with E-state index in [1.807, 2.05) is 24.3 Å². The van der Waals surface area contributed by atoms with Crippen LogP contribution in [0.4, 0.5) is 11.6 Å². The Labute approximate surface area is 198 Å². The van der Waals surface area contributed by atoms with Crippen LogP contribution < -0.4 is 14.8 Å². The number of carbonyl (C=O) groups excluding carboxylic acids is 1. The summed E-state index contributed by atoms with van der Waals surface area (Å²) >= 11 is 3.40. The molecule has 0 saturated carbocycles. The topological polar surface area (TPSA) is 123 Å². The Morgan fingerprint density at radius 3 is 2.42 bits per heavy atom. The van der Waals surface area contributed by atoms with Crippen LogP contribution in [0.5, 0.6) is 5.75 Å². The SMILES string of the molecule is O=C(Nc1ccc(S(=O)(=O)Nc2ncccn2)cc1)c1ccc(COc2ccccc2Br)o1. The van der Waals surface area contributed by atoms with Crippen LogP contribution in [0, 0.1) is 0 Å². The molecule has 4 rings (SSSR count). The molecule has 11 heteroatoms. The highest BCUT2D eigenvalue weighted by Crippen LogP contribution is 2.25. The van der Waals surface area contributed by atoms with Gasteiger partial charge in [0.15, 0.2) is 5.76 Å². The molecular weight excluding hydrogens is 512 g/mol. The molecule has 0 bridgehead atoms. The van der Waals surface area contributed by atoms with Gasteiger partial charge in [-0.05, 0) is 70.5 Å². The number of anilines is 2. The number of halogens is 1. The van der Waals surface area contributed by atoms with Crippen molar-refractivity contribution in [1.29, 1.82) is 0 Å². The Kier molecular flexibility index (Phi) is 6.71. The van der Waals surface area contributed by atoms with Crippen LogP contribution in [0.25, 0.3) is 0 Å². The van der Waals surface area contributed by atoms with Gasteiger partial charge in [0.25, 0.3) is 15.9 Å². The fourth-order valence-corrected chi connectivity index (χ4v) is 4.09. The lowest BCUT2D eigenvalue weighted by Crippen LogP contribution is -2.15. The van der Waals surface area contributed by atoms with E-state index in [-0.39, 0.29) is 23.2 Å². The third-order valence-corrected chi connectivity index (χ3v) is 6.31. The van der Waals surface area contributed by atoms with E-state index in [0.29, 0.717) is 17.2 Å². The van der Waals surface area contributed by atoms with Crippen molar-refractivity contribution in [3.8, 4) is 5.75 Å². The van der Waals surface area contributed by atoms with Crippen LogP contribution in [0.15, 0.2) is 92.9 Å².